The molecule has 0 aliphatic heterocycles. The number of methoxy groups -OCH3 is 1. The summed E-state index contributed by atoms with van der Waals surface area (Å²) < 4.78 is 35.9. The molecule has 0 saturated heterocycles. The van der Waals surface area contributed by atoms with E-state index in [1.54, 1.807) is 24.0 Å². The van der Waals surface area contributed by atoms with Crippen molar-refractivity contribution in [2.24, 2.45) is 7.05 Å². The summed E-state index contributed by atoms with van der Waals surface area (Å²) in [7, 11) is -0.650. The fourth-order valence-corrected chi connectivity index (χ4v) is 4.24. The molecule has 0 atom stereocenters. The van der Waals surface area contributed by atoms with E-state index < -0.39 is 10.0 Å². The van der Waals surface area contributed by atoms with Crippen molar-refractivity contribution in [1.29, 1.82) is 0 Å². The van der Waals surface area contributed by atoms with Crippen LogP contribution in [0.2, 0.25) is 0 Å². The van der Waals surface area contributed by atoms with Crippen molar-refractivity contribution in [2.75, 3.05) is 11.8 Å². The first-order chi connectivity index (χ1) is 13.4. The van der Waals surface area contributed by atoms with Gasteiger partial charge in [0.1, 0.15) is 22.0 Å². The zero-order valence-corrected chi connectivity index (χ0v) is 17.2. The standard InChI is InChI=1S/C17H15BrN6O3S/c1-24-17-12(15(22-24)13-7-10(18)5-6-19-13)3-4-14(27-2)16(17)23-28(25,26)11-8-20-21-9-11/h3-9,23H,1-2H3,(H,20,21). The first-order valence-corrected chi connectivity index (χ1v) is 10.4. The number of pyridine rings is 1. The predicted octanol–water partition coefficient (Wildman–Crippen LogP) is 2.93. The third kappa shape index (κ3) is 3.12. The average molecular weight is 463 g/mol. The molecule has 28 heavy (non-hydrogen) atoms. The molecule has 4 aromatic rings. The van der Waals surface area contributed by atoms with Gasteiger partial charge in [-0.1, -0.05) is 15.9 Å². The van der Waals surface area contributed by atoms with E-state index in [9.17, 15) is 8.42 Å². The third-order valence-electron chi connectivity index (χ3n) is 4.17. The summed E-state index contributed by atoms with van der Waals surface area (Å²) in [4.78, 5) is 4.39. The van der Waals surface area contributed by atoms with Gasteiger partial charge in [0.15, 0.2) is 0 Å². The zero-order valence-electron chi connectivity index (χ0n) is 14.8. The van der Waals surface area contributed by atoms with Crippen molar-refractivity contribution < 1.29 is 13.2 Å². The highest BCUT2D eigenvalue weighted by Gasteiger charge is 2.23. The Balaban J connectivity index is 1.93. The smallest absolute Gasteiger partial charge is 0.265 e. The third-order valence-corrected chi connectivity index (χ3v) is 5.98. The SMILES string of the molecule is COc1ccc2c(-c3cc(Br)ccn3)nn(C)c2c1NS(=O)(=O)c1cn[nH]c1. The highest BCUT2D eigenvalue weighted by Crippen LogP contribution is 2.38. The molecule has 144 valence electrons. The van der Waals surface area contributed by atoms with E-state index in [0.29, 0.717) is 22.7 Å². The second-order valence-electron chi connectivity index (χ2n) is 5.91. The number of aromatic nitrogens is 5. The van der Waals surface area contributed by atoms with Crippen LogP contribution in [-0.4, -0.2) is 40.5 Å². The molecule has 0 spiro atoms. The maximum atomic E-state index is 12.7. The number of rotatable bonds is 5. The normalized spacial score (nSPS) is 11.7. The van der Waals surface area contributed by atoms with Crippen LogP contribution in [0.4, 0.5) is 5.69 Å². The molecule has 9 nitrogen and oxygen atoms in total. The number of anilines is 1. The molecule has 0 amide bonds. The van der Waals surface area contributed by atoms with Gasteiger partial charge in [0, 0.05) is 29.3 Å². The number of ether oxygens (including phenoxy) is 1. The lowest BCUT2D eigenvalue weighted by molar-refractivity contribution is 0.417. The monoisotopic (exact) mass is 462 g/mol. The fraction of sp³-hybridized carbons (Fsp3) is 0.118. The Labute approximate surface area is 168 Å². The summed E-state index contributed by atoms with van der Waals surface area (Å²) in [5, 5.41) is 11.5. The number of sulfonamides is 1. The number of nitrogens with zero attached hydrogens (tertiary/aromatic N) is 4. The van der Waals surface area contributed by atoms with Gasteiger partial charge in [-0.3, -0.25) is 19.5 Å². The maximum Gasteiger partial charge on any atom is 0.265 e. The number of H-pyrrole nitrogens is 1. The van der Waals surface area contributed by atoms with E-state index in [2.05, 4.69) is 40.9 Å². The molecule has 0 aliphatic rings. The molecular formula is C17H15BrN6O3S. The van der Waals surface area contributed by atoms with Crippen molar-refractivity contribution in [1.82, 2.24) is 25.0 Å². The Hall–Kier alpha value is -2.92. The number of fused-ring (bicyclic) bond motifs is 1. The highest BCUT2D eigenvalue weighted by atomic mass is 79.9. The molecule has 3 heterocycles. The summed E-state index contributed by atoms with van der Waals surface area (Å²) in [6.45, 7) is 0. The molecule has 2 N–H and O–H groups in total. The van der Waals surface area contributed by atoms with Gasteiger partial charge in [-0.05, 0) is 24.3 Å². The lowest BCUT2D eigenvalue weighted by Crippen LogP contribution is -2.14. The fourth-order valence-electron chi connectivity index (χ4n) is 2.93. The van der Waals surface area contributed by atoms with Gasteiger partial charge in [0.2, 0.25) is 0 Å². The van der Waals surface area contributed by atoms with Gasteiger partial charge >= 0.3 is 0 Å². The second kappa shape index (κ2) is 6.91. The van der Waals surface area contributed by atoms with E-state index in [4.69, 9.17) is 4.74 Å². The minimum atomic E-state index is -3.86. The van der Waals surface area contributed by atoms with Gasteiger partial charge in [-0.25, -0.2) is 8.42 Å². The van der Waals surface area contributed by atoms with E-state index in [-0.39, 0.29) is 10.6 Å². The van der Waals surface area contributed by atoms with Crippen LogP contribution in [0.1, 0.15) is 0 Å². The number of benzene rings is 1. The molecule has 0 unspecified atom stereocenters. The lowest BCUT2D eigenvalue weighted by atomic mass is 10.1. The van der Waals surface area contributed by atoms with Crippen molar-refractivity contribution in [3.8, 4) is 17.1 Å². The maximum absolute atomic E-state index is 12.7. The highest BCUT2D eigenvalue weighted by molar-refractivity contribution is 9.10. The molecule has 11 heteroatoms. The lowest BCUT2D eigenvalue weighted by Gasteiger charge is -2.13. The zero-order chi connectivity index (χ0) is 19.9. The molecular weight excluding hydrogens is 448 g/mol. The number of aryl methyl sites for hydroxylation is 1. The first-order valence-electron chi connectivity index (χ1n) is 8.08. The van der Waals surface area contributed by atoms with Crippen LogP contribution in [0.3, 0.4) is 0 Å². The van der Waals surface area contributed by atoms with Crippen LogP contribution in [0, 0.1) is 0 Å². The van der Waals surface area contributed by atoms with Gasteiger partial charge in [-0.15, -0.1) is 0 Å². The van der Waals surface area contributed by atoms with Crippen LogP contribution in [-0.2, 0) is 17.1 Å². The van der Waals surface area contributed by atoms with E-state index >= 15 is 0 Å². The minimum Gasteiger partial charge on any atom is -0.494 e. The van der Waals surface area contributed by atoms with Gasteiger partial charge in [0.05, 0.1) is 24.5 Å². The first kappa shape index (κ1) is 18.4. The largest absolute Gasteiger partial charge is 0.494 e. The van der Waals surface area contributed by atoms with Gasteiger partial charge in [-0.2, -0.15) is 10.2 Å². The molecule has 0 bridgehead atoms. The molecule has 0 saturated carbocycles. The molecule has 0 fully saturated rings. The Morgan fingerprint density at radius 2 is 2.11 bits per heavy atom. The molecule has 1 aromatic carbocycles. The topological polar surface area (TPSA) is 115 Å². The van der Waals surface area contributed by atoms with Crippen molar-refractivity contribution >= 4 is 42.5 Å². The van der Waals surface area contributed by atoms with E-state index in [1.807, 2.05) is 18.2 Å². The summed E-state index contributed by atoms with van der Waals surface area (Å²) >= 11 is 3.43. The summed E-state index contributed by atoms with van der Waals surface area (Å²) in [6, 6.07) is 7.19. The van der Waals surface area contributed by atoms with Crippen LogP contribution in [0.15, 0.2) is 52.2 Å². The Kier molecular flexibility index (Phi) is 4.55. The number of hydrogen-bond donors (Lipinski definition) is 2. The van der Waals surface area contributed by atoms with E-state index in [0.717, 1.165) is 9.86 Å². The second-order valence-corrected chi connectivity index (χ2v) is 8.51. The van der Waals surface area contributed by atoms with Crippen LogP contribution in [0.25, 0.3) is 22.3 Å². The van der Waals surface area contributed by atoms with Crippen LogP contribution >= 0.6 is 15.9 Å². The summed E-state index contributed by atoms with van der Waals surface area (Å²) in [5.41, 5.74) is 2.15. The number of nitrogens with one attached hydrogen (secondary N) is 2. The summed E-state index contributed by atoms with van der Waals surface area (Å²) in [6.07, 6.45) is 4.20. The summed E-state index contributed by atoms with van der Waals surface area (Å²) in [5.74, 6) is 0.372. The molecule has 0 aliphatic carbocycles. The quantitative estimate of drug-likeness (QED) is 0.471. The van der Waals surface area contributed by atoms with Crippen molar-refractivity contribution in [3.05, 3.63) is 47.3 Å². The number of halogens is 1. The molecule has 4 rings (SSSR count). The number of aromatic amines is 1. The van der Waals surface area contributed by atoms with Gasteiger partial charge in [0.25, 0.3) is 10.0 Å². The van der Waals surface area contributed by atoms with Crippen LogP contribution in [0.5, 0.6) is 5.75 Å². The average Bonchev–Trinajstić information content (AvgIpc) is 3.31. The number of hydrogen-bond acceptors (Lipinski definition) is 6. The van der Waals surface area contributed by atoms with E-state index in [1.165, 1.54) is 19.5 Å². The predicted molar refractivity (Wildman–Crippen MR) is 108 cm³/mol. The van der Waals surface area contributed by atoms with Crippen molar-refractivity contribution in [3.63, 3.8) is 0 Å². The van der Waals surface area contributed by atoms with Crippen LogP contribution < -0.4 is 9.46 Å². The minimum absolute atomic E-state index is 0.0163. The molecule has 0 radical (unpaired) electrons. The Bertz CT molecular complexity index is 1270. The van der Waals surface area contributed by atoms with Crippen molar-refractivity contribution in [2.45, 2.75) is 4.90 Å². The Morgan fingerprint density at radius 3 is 2.79 bits per heavy atom. The van der Waals surface area contributed by atoms with Gasteiger partial charge < -0.3 is 4.74 Å². The molecule has 3 aromatic heterocycles. The Morgan fingerprint density at radius 1 is 1.29 bits per heavy atom.